The van der Waals surface area contributed by atoms with E-state index in [-0.39, 0.29) is 12.0 Å². The Hall–Kier alpha value is -2.34. The van der Waals surface area contributed by atoms with E-state index in [2.05, 4.69) is 17.6 Å². The van der Waals surface area contributed by atoms with Crippen LogP contribution < -0.4 is 10.6 Å². The van der Waals surface area contributed by atoms with E-state index < -0.39 is 0 Å². The van der Waals surface area contributed by atoms with Gasteiger partial charge >= 0.3 is 12.0 Å². The van der Waals surface area contributed by atoms with Crippen LogP contribution in [0.1, 0.15) is 47.5 Å². The molecule has 1 unspecified atom stereocenters. The number of nitrogens with one attached hydrogen (secondary N) is 2. The van der Waals surface area contributed by atoms with Crippen molar-refractivity contribution in [3.05, 3.63) is 46.3 Å². The number of rotatable bonds is 5. The minimum atomic E-state index is -0.354. The molecule has 5 nitrogen and oxygen atoms in total. The zero-order chi connectivity index (χ0) is 18.5. The summed E-state index contributed by atoms with van der Waals surface area (Å²) in [5, 5.41) is 6.23. The van der Waals surface area contributed by atoms with Gasteiger partial charge in [0.2, 0.25) is 0 Å². The Morgan fingerprint density at radius 3 is 2.65 bits per heavy atom. The number of hydrogen-bond donors (Lipinski definition) is 2. The lowest BCUT2D eigenvalue weighted by molar-refractivity contribution is 0.0526. The Kier molecular flexibility index (Phi) is 5.93. The molecule has 1 atom stereocenters. The predicted molar refractivity (Wildman–Crippen MR) is 105 cm³/mol. The number of carbonyl (C=O) groups excluding carboxylic acids is 2. The van der Waals surface area contributed by atoms with Crippen LogP contribution in [0, 0.1) is 5.92 Å². The van der Waals surface area contributed by atoms with Crippen molar-refractivity contribution in [2.75, 3.05) is 17.2 Å². The average molecular weight is 372 g/mol. The van der Waals surface area contributed by atoms with Crippen molar-refractivity contribution in [1.29, 1.82) is 0 Å². The van der Waals surface area contributed by atoms with Crippen LogP contribution in [0.15, 0.2) is 30.3 Å². The van der Waals surface area contributed by atoms with Crippen molar-refractivity contribution in [1.82, 2.24) is 0 Å². The van der Waals surface area contributed by atoms with Gasteiger partial charge in [0.15, 0.2) is 0 Å². The Labute approximate surface area is 157 Å². The number of amides is 2. The Morgan fingerprint density at radius 1 is 1.19 bits per heavy atom. The molecule has 26 heavy (non-hydrogen) atoms. The van der Waals surface area contributed by atoms with Crippen molar-refractivity contribution in [2.24, 2.45) is 5.92 Å². The van der Waals surface area contributed by atoms with E-state index in [9.17, 15) is 9.59 Å². The Morgan fingerprint density at radius 2 is 1.96 bits per heavy atom. The zero-order valence-corrected chi connectivity index (χ0v) is 15.9. The van der Waals surface area contributed by atoms with Crippen molar-refractivity contribution in [2.45, 2.75) is 39.5 Å². The summed E-state index contributed by atoms with van der Waals surface area (Å²) >= 11 is 1.50. The normalized spacial score (nSPS) is 15.8. The fourth-order valence-electron chi connectivity index (χ4n) is 3.30. The topological polar surface area (TPSA) is 67.4 Å². The maximum Gasteiger partial charge on any atom is 0.341 e. The number of thiophene rings is 1. The summed E-state index contributed by atoms with van der Waals surface area (Å²) in [7, 11) is 0. The van der Waals surface area contributed by atoms with Gasteiger partial charge in [-0.2, -0.15) is 0 Å². The third-order valence-electron chi connectivity index (χ3n) is 4.68. The van der Waals surface area contributed by atoms with Gasteiger partial charge in [0.25, 0.3) is 0 Å². The summed E-state index contributed by atoms with van der Waals surface area (Å²) in [6, 6.07) is 8.88. The molecule has 0 spiro atoms. The van der Waals surface area contributed by atoms with Crippen LogP contribution in [0.5, 0.6) is 0 Å². The number of carbonyl (C=O) groups is 2. The molecule has 2 amide bonds. The number of hydrogen-bond acceptors (Lipinski definition) is 4. The van der Waals surface area contributed by atoms with E-state index in [0.29, 0.717) is 28.8 Å². The molecule has 0 radical (unpaired) electrons. The summed E-state index contributed by atoms with van der Waals surface area (Å²) in [4.78, 5) is 26.1. The standard InChI is InChI=1S/C20H24N2O3S/c1-3-13-10-11-15-16(12-13)26-18(17(15)19(23)25-4-2)22-20(24)21-14-8-6-5-7-9-14/h5-9,13H,3-4,10-12H2,1-2H3,(H2,21,22,24). The number of fused-ring (bicyclic) bond motifs is 1. The van der Waals surface area contributed by atoms with E-state index in [0.717, 1.165) is 31.2 Å². The van der Waals surface area contributed by atoms with Crippen LogP contribution in [-0.2, 0) is 17.6 Å². The fourth-order valence-corrected chi connectivity index (χ4v) is 4.64. The van der Waals surface area contributed by atoms with Gasteiger partial charge in [0.1, 0.15) is 5.00 Å². The molecule has 1 aliphatic rings. The number of para-hydroxylation sites is 1. The van der Waals surface area contributed by atoms with Gasteiger partial charge in [-0.15, -0.1) is 11.3 Å². The molecule has 1 aromatic heterocycles. The van der Waals surface area contributed by atoms with E-state index in [1.807, 2.05) is 30.3 Å². The van der Waals surface area contributed by atoms with Crippen LogP contribution >= 0.6 is 11.3 Å². The molecule has 6 heteroatoms. The average Bonchev–Trinajstić information content (AvgIpc) is 2.99. The van der Waals surface area contributed by atoms with E-state index in [1.54, 1.807) is 6.92 Å². The first kappa shape index (κ1) is 18.5. The van der Waals surface area contributed by atoms with E-state index in [1.165, 1.54) is 16.2 Å². The minimum absolute atomic E-state index is 0.316. The molecular formula is C20H24N2O3S. The smallest absolute Gasteiger partial charge is 0.341 e. The maximum atomic E-state index is 12.5. The van der Waals surface area contributed by atoms with E-state index in [4.69, 9.17) is 4.74 Å². The quantitative estimate of drug-likeness (QED) is 0.719. The predicted octanol–water partition coefficient (Wildman–Crippen LogP) is 5.08. The van der Waals surface area contributed by atoms with Crippen LogP contribution in [0.3, 0.4) is 0 Å². The van der Waals surface area contributed by atoms with E-state index >= 15 is 0 Å². The fraction of sp³-hybridized carbons (Fsp3) is 0.400. The number of urea groups is 1. The Bertz CT molecular complexity index is 786. The van der Waals surface area contributed by atoms with Gasteiger partial charge in [-0.3, -0.25) is 5.32 Å². The highest BCUT2D eigenvalue weighted by Gasteiger charge is 2.29. The molecule has 0 fully saturated rings. The van der Waals surface area contributed by atoms with Crippen molar-refractivity contribution in [3.8, 4) is 0 Å². The third kappa shape index (κ3) is 4.07. The van der Waals surface area contributed by atoms with Crippen LogP contribution in [0.2, 0.25) is 0 Å². The van der Waals surface area contributed by atoms with Crippen molar-refractivity contribution in [3.63, 3.8) is 0 Å². The lowest BCUT2D eigenvalue weighted by Gasteiger charge is -2.20. The SMILES string of the molecule is CCOC(=O)c1c(NC(=O)Nc2ccccc2)sc2c1CCC(CC)C2. The number of esters is 1. The Balaban J connectivity index is 1.84. The second-order valence-corrected chi connectivity index (χ2v) is 7.50. The molecule has 0 saturated carbocycles. The van der Waals surface area contributed by atoms with Crippen LogP contribution in [0.4, 0.5) is 15.5 Å². The van der Waals surface area contributed by atoms with Gasteiger partial charge in [-0.25, -0.2) is 9.59 Å². The number of anilines is 2. The molecule has 138 valence electrons. The highest BCUT2D eigenvalue weighted by Crippen LogP contribution is 2.40. The van der Waals surface area contributed by atoms with Crippen LogP contribution in [-0.4, -0.2) is 18.6 Å². The molecule has 2 N–H and O–H groups in total. The monoisotopic (exact) mass is 372 g/mol. The maximum absolute atomic E-state index is 12.5. The number of benzene rings is 1. The molecular weight excluding hydrogens is 348 g/mol. The molecule has 2 aromatic rings. The largest absolute Gasteiger partial charge is 0.462 e. The van der Waals surface area contributed by atoms with Gasteiger partial charge < -0.3 is 10.1 Å². The van der Waals surface area contributed by atoms with Crippen molar-refractivity contribution < 1.29 is 14.3 Å². The zero-order valence-electron chi connectivity index (χ0n) is 15.1. The van der Waals surface area contributed by atoms with Gasteiger partial charge in [0.05, 0.1) is 12.2 Å². The summed E-state index contributed by atoms with van der Waals surface area (Å²) in [6.45, 7) is 4.30. The van der Waals surface area contributed by atoms with Gasteiger partial charge in [-0.05, 0) is 49.8 Å². The highest BCUT2D eigenvalue weighted by atomic mass is 32.1. The minimum Gasteiger partial charge on any atom is -0.462 e. The first-order valence-electron chi connectivity index (χ1n) is 9.07. The van der Waals surface area contributed by atoms with Crippen molar-refractivity contribution >= 4 is 34.0 Å². The summed E-state index contributed by atoms with van der Waals surface area (Å²) in [5.74, 6) is 0.289. The molecule has 0 bridgehead atoms. The second kappa shape index (κ2) is 8.36. The summed E-state index contributed by atoms with van der Waals surface area (Å²) in [6.07, 6.45) is 4.02. The highest BCUT2D eigenvalue weighted by molar-refractivity contribution is 7.17. The molecule has 3 rings (SSSR count). The summed E-state index contributed by atoms with van der Waals surface area (Å²) < 4.78 is 5.24. The first-order chi connectivity index (χ1) is 12.6. The molecule has 0 saturated heterocycles. The first-order valence-corrected chi connectivity index (χ1v) is 9.88. The second-order valence-electron chi connectivity index (χ2n) is 6.39. The van der Waals surface area contributed by atoms with Crippen LogP contribution in [0.25, 0.3) is 0 Å². The molecule has 1 aromatic carbocycles. The lowest BCUT2D eigenvalue weighted by Crippen LogP contribution is -2.21. The number of ether oxygens (including phenoxy) is 1. The molecule has 1 aliphatic carbocycles. The lowest BCUT2D eigenvalue weighted by atomic mass is 9.86. The molecule has 0 aliphatic heterocycles. The third-order valence-corrected chi connectivity index (χ3v) is 5.85. The molecule has 1 heterocycles. The van der Waals surface area contributed by atoms with Gasteiger partial charge in [0, 0.05) is 10.6 Å². The van der Waals surface area contributed by atoms with Gasteiger partial charge in [-0.1, -0.05) is 31.5 Å². The summed E-state index contributed by atoms with van der Waals surface area (Å²) in [5.41, 5.74) is 2.29.